The Morgan fingerprint density at radius 3 is 2.45 bits per heavy atom. The SMILES string of the molecule is O=C(Nc1ccc(F)c(Cl)c1)c1ccc(C2SCCS2)cc1. The van der Waals surface area contributed by atoms with Gasteiger partial charge in [0.2, 0.25) is 0 Å². The number of carbonyl (C=O) groups is 1. The minimum absolute atomic E-state index is 0.0107. The van der Waals surface area contributed by atoms with Gasteiger partial charge in [0.1, 0.15) is 5.82 Å². The van der Waals surface area contributed by atoms with Crippen molar-refractivity contribution in [3.63, 3.8) is 0 Å². The number of benzene rings is 2. The number of hydrogen-bond acceptors (Lipinski definition) is 3. The van der Waals surface area contributed by atoms with Gasteiger partial charge in [0.25, 0.3) is 5.91 Å². The van der Waals surface area contributed by atoms with Crippen molar-refractivity contribution in [1.82, 2.24) is 0 Å². The molecule has 1 amide bonds. The van der Waals surface area contributed by atoms with Crippen molar-refractivity contribution in [2.75, 3.05) is 16.8 Å². The van der Waals surface area contributed by atoms with Crippen molar-refractivity contribution in [2.24, 2.45) is 0 Å². The topological polar surface area (TPSA) is 29.1 Å². The summed E-state index contributed by atoms with van der Waals surface area (Å²) in [5.74, 6) is 1.60. The summed E-state index contributed by atoms with van der Waals surface area (Å²) in [4.78, 5) is 12.2. The van der Waals surface area contributed by atoms with Crippen molar-refractivity contribution < 1.29 is 9.18 Å². The number of hydrogen-bond donors (Lipinski definition) is 1. The molecule has 1 heterocycles. The lowest BCUT2D eigenvalue weighted by molar-refractivity contribution is 0.102. The molecule has 2 nitrogen and oxygen atoms in total. The Morgan fingerprint density at radius 1 is 1.14 bits per heavy atom. The Balaban J connectivity index is 1.70. The maximum absolute atomic E-state index is 13.1. The van der Waals surface area contributed by atoms with Crippen LogP contribution >= 0.6 is 35.1 Å². The van der Waals surface area contributed by atoms with Gasteiger partial charge in [0.05, 0.1) is 9.60 Å². The Kier molecular flexibility index (Phi) is 4.96. The third-order valence-electron chi connectivity index (χ3n) is 3.24. The van der Waals surface area contributed by atoms with Gasteiger partial charge in [-0.3, -0.25) is 4.79 Å². The molecule has 1 aliphatic heterocycles. The van der Waals surface area contributed by atoms with Crippen LogP contribution in [0.15, 0.2) is 42.5 Å². The van der Waals surface area contributed by atoms with Crippen LogP contribution in [0.2, 0.25) is 5.02 Å². The van der Waals surface area contributed by atoms with Crippen LogP contribution in [0.25, 0.3) is 0 Å². The van der Waals surface area contributed by atoms with E-state index in [1.54, 1.807) is 0 Å². The van der Waals surface area contributed by atoms with Gasteiger partial charge in [-0.25, -0.2) is 4.39 Å². The molecular formula is C16H13ClFNOS2. The van der Waals surface area contributed by atoms with Gasteiger partial charge in [-0.05, 0) is 35.9 Å². The first-order valence-corrected chi connectivity index (χ1v) is 9.20. The second kappa shape index (κ2) is 6.94. The smallest absolute Gasteiger partial charge is 0.255 e. The molecule has 0 spiro atoms. The lowest BCUT2D eigenvalue weighted by Gasteiger charge is -2.10. The second-order valence-electron chi connectivity index (χ2n) is 4.78. The van der Waals surface area contributed by atoms with Crippen molar-refractivity contribution >= 4 is 46.7 Å². The monoisotopic (exact) mass is 353 g/mol. The first-order valence-electron chi connectivity index (χ1n) is 6.73. The second-order valence-corrected chi connectivity index (χ2v) is 7.91. The van der Waals surface area contributed by atoms with E-state index in [-0.39, 0.29) is 10.9 Å². The molecule has 1 N–H and O–H groups in total. The third-order valence-corrected chi connectivity index (χ3v) is 6.64. The molecule has 0 saturated carbocycles. The summed E-state index contributed by atoms with van der Waals surface area (Å²) in [5.41, 5.74) is 2.27. The highest BCUT2D eigenvalue weighted by Gasteiger charge is 2.18. The van der Waals surface area contributed by atoms with Crippen molar-refractivity contribution in [2.45, 2.75) is 4.58 Å². The molecular weight excluding hydrogens is 341 g/mol. The van der Waals surface area contributed by atoms with Crippen LogP contribution in [-0.2, 0) is 0 Å². The fourth-order valence-electron chi connectivity index (χ4n) is 2.12. The highest BCUT2D eigenvalue weighted by atomic mass is 35.5. The van der Waals surface area contributed by atoms with E-state index in [1.807, 2.05) is 47.8 Å². The molecule has 0 atom stereocenters. The molecule has 1 fully saturated rings. The third kappa shape index (κ3) is 3.59. The quantitative estimate of drug-likeness (QED) is 0.821. The van der Waals surface area contributed by atoms with Gasteiger partial charge in [-0.1, -0.05) is 23.7 Å². The Bertz CT molecular complexity index is 687. The molecule has 114 valence electrons. The van der Waals surface area contributed by atoms with Crippen molar-refractivity contribution in [1.29, 1.82) is 0 Å². The molecule has 22 heavy (non-hydrogen) atoms. The normalized spacial score (nSPS) is 15.0. The van der Waals surface area contributed by atoms with Crippen LogP contribution in [0.1, 0.15) is 20.5 Å². The maximum atomic E-state index is 13.1. The van der Waals surface area contributed by atoms with Crippen LogP contribution < -0.4 is 5.32 Å². The molecule has 2 aromatic carbocycles. The minimum atomic E-state index is -0.504. The number of halogens is 2. The van der Waals surface area contributed by atoms with Gasteiger partial charge in [0, 0.05) is 22.8 Å². The zero-order valence-electron chi connectivity index (χ0n) is 11.5. The summed E-state index contributed by atoms with van der Waals surface area (Å²) < 4.78 is 13.6. The maximum Gasteiger partial charge on any atom is 0.255 e. The van der Waals surface area contributed by atoms with Gasteiger partial charge in [-0.15, -0.1) is 23.5 Å². The molecule has 0 aliphatic carbocycles. The van der Waals surface area contributed by atoms with Crippen LogP contribution in [0, 0.1) is 5.82 Å². The summed E-state index contributed by atoms with van der Waals surface area (Å²) in [6, 6.07) is 11.7. The zero-order chi connectivity index (χ0) is 15.5. The number of anilines is 1. The van der Waals surface area contributed by atoms with E-state index < -0.39 is 5.82 Å². The lowest BCUT2D eigenvalue weighted by Crippen LogP contribution is -2.11. The Labute approximate surface area is 141 Å². The minimum Gasteiger partial charge on any atom is -0.322 e. The van der Waals surface area contributed by atoms with E-state index in [2.05, 4.69) is 5.32 Å². The molecule has 0 bridgehead atoms. The fourth-order valence-corrected chi connectivity index (χ4v) is 5.16. The molecule has 0 aromatic heterocycles. The van der Waals surface area contributed by atoms with Gasteiger partial charge in [-0.2, -0.15) is 0 Å². The summed E-state index contributed by atoms with van der Waals surface area (Å²) in [6.45, 7) is 0. The molecule has 1 aliphatic rings. The van der Waals surface area contributed by atoms with Crippen molar-refractivity contribution in [3.8, 4) is 0 Å². The van der Waals surface area contributed by atoms with E-state index in [0.717, 1.165) is 0 Å². The average molecular weight is 354 g/mol. The number of carbonyl (C=O) groups excluding carboxylic acids is 1. The van der Waals surface area contributed by atoms with Gasteiger partial charge < -0.3 is 5.32 Å². The van der Waals surface area contributed by atoms with E-state index >= 15 is 0 Å². The predicted octanol–water partition coefficient (Wildman–Crippen LogP) is 5.21. The highest BCUT2D eigenvalue weighted by Crippen LogP contribution is 2.45. The Morgan fingerprint density at radius 2 is 1.82 bits per heavy atom. The van der Waals surface area contributed by atoms with E-state index in [9.17, 15) is 9.18 Å². The molecule has 3 rings (SSSR count). The van der Waals surface area contributed by atoms with Crippen LogP contribution in [-0.4, -0.2) is 17.4 Å². The first kappa shape index (κ1) is 15.7. The number of amides is 1. The molecule has 2 aromatic rings. The zero-order valence-corrected chi connectivity index (χ0v) is 13.9. The van der Waals surface area contributed by atoms with E-state index in [1.165, 1.54) is 35.3 Å². The fraction of sp³-hybridized carbons (Fsp3) is 0.188. The van der Waals surface area contributed by atoms with Gasteiger partial charge >= 0.3 is 0 Å². The predicted molar refractivity (Wildman–Crippen MR) is 93.5 cm³/mol. The molecule has 6 heteroatoms. The summed E-state index contributed by atoms with van der Waals surface area (Å²) in [5, 5.41) is 2.70. The van der Waals surface area contributed by atoms with E-state index in [4.69, 9.17) is 11.6 Å². The van der Waals surface area contributed by atoms with E-state index in [0.29, 0.717) is 15.8 Å². The number of thioether (sulfide) groups is 2. The van der Waals surface area contributed by atoms with Crippen LogP contribution in [0.4, 0.5) is 10.1 Å². The molecule has 0 radical (unpaired) electrons. The summed E-state index contributed by atoms with van der Waals surface area (Å²) >= 11 is 9.56. The Hall–Kier alpha value is -1.17. The van der Waals surface area contributed by atoms with Gasteiger partial charge in [0.15, 0.2) is 0 Å². The number of rotatable bonds is 3. The lowest BCUT2D eigenvalue weighted by atomic mass is 10.1. The first-order chi connectivity index (χ1) is 10.6. The summed E-state index contributed by atoms with van der Waals surface area (Å²) in [7, 11) is 0. The highest BCUT2D eigenvalue weighted by molar-refractivity contribution is 8.19. The van der Waals surface area contributed by atoms with Crippen molar-refractivity contribution in [3.05, 3.63) is 64.4 Å². The van der Waals surface area contributed by atoms with Crippen LogP contribution in [0.3, 0.4) is 0 Å². The largest absolute Gasteiger partial charge is 0.322 e. The average Bonchev–Trinajstić information content (AvgIpc) is 3.05. The number of nitrogens with one attached hydrogen (secondary N) is 1. The molecule has 0 unspecified atom stereocenters. The standard InChI is InChI=1S/C16H13ClFNOS2/c17-13-9-12(5-6-14(13)18)19-15(20)10-1-3-11(4-2-10)16-21-7-8-22-16/h1-6,9,16H,7-8H2,(H,19,20). The molecule has 1 saturated heterocycles. The van der Waals surface area contributed by atoms with Crippen LogP contribution in [0.5, 0.6) is 0 Å². The summed E-state index contributed by atoms with van der Waals surface area (Å²) in [6.07, 6.45) is 0.